The molecule has 4 nitrogen and oxygen atoms in total. The summed E-state index contributed by atoms with van der Waals surface area (Å²) in [5, 5.41) is 0. The molecule has 148 valence electrons. The number of alkyl halides is 5. The number of Topliss-reactive ketones (excluding diaryl/α,β-unsaturated/α-hetero) is 1. The van der Waals surface area contributed by atoms with E-state index in [2.05, 4.69) is 4.99 Å². The second kappa shape index (κ2) is 7.29. The zero-order chi connectivity index (χ0) is 20.6. The number of aliphatic imine (C=N–C) groups is 1. The van der Waals surface area contributed by atoms with Crippen LogP contribution < -0.4 is 5.56 Å². The summed E-state index contributed by atoms with van der Waals surface area (Å²) in [5.74, 6) is -0.616. The van der Waals surface area contributed by atoms with Crippen molar-refractivity contribution in [2.45, 2.75) is 32.0 Å². The molecule has 1 aliphatic rings. The van der Waals surface area contributed by atoms with E-state index in [0.717, 1.165) is 22.8 Å². The fourth-order valence-corrected chi connectivity index (χ4v) is 3.06. The molecule has 1 aliphatic heterocycles. The van der Waals surface area contributed by atoms with Crippen molar-refractivity contribution in [1.29, 1.82) is 0 Å². The van der Waals surface area contributed by atoms with Gasteiger partial charge in [-0.2, -0.15) is 13.2 Å². The Kier molecular flexibility index (Phi) is 5.18. The lowest BCUT2D eigenvalue weighted by Gasteiger charge is -2.14. The topological polar surface area (TPSA) is 51.4 Å². The van der Waals surface area contributed by atoms with Crippen molar-refractivity contribution in [3.8, 4) is 11.1 Å². The first-order chi connectivity index (χ1) is 13.1. The van der Waals surface area contributed by atoms with Gasteiger partial charge in [0.25, 0.3) is 5.56 Å². The number of halogens is 5. The van der Waals surface area contributed by atoms with E-state index >= 15 is 0 Å². The van der Waals surface area contributed by atoms with Gasteiger partial charge in [0.05, 0.1) is 12.1 Å². The van der Waals surface area contributed by atoms with Crippen LogP contribution in [0.3, 0.4) is 0 Å². The predicted octanol–water partition coefficient (Wildman–Crippen LogP) is 4.23. The van der Waals surface area contributed by atoms with E-state index in [1.54, 1.807) is 0 Å². The van der Waals surface area contributed by atoms with Crippen LogP contribution in [0.5, 0.6) is 0 Å². The number of benzene rings is 1. The number of aromatic nitrogens is 1. The van der Waals surface area contributed by atoms with Crippen LogP contribution in [-0.2, 0) is 19.8 Å². The summed E-state index contributed by atoms with van der Waals surface area (Å²) in [6.45, 7) is 0.0551. The van der Waals surface area contributed by atoms with Gasteiger partial charge >= 0.3 is 6.18 Å². The van der Waals surface area contributed by atoms with Crippen LogP contribution in [0.2, 0.25) is 0 Å². The van der Waals surface area contributed by atoms with Crippen LogP contribution in [0.4, 0.5) is 22.0 Å². The molecule has 1 aromatic heterocycles. The standard InChI is InChI=1S/C19H15F5N2O2/c1-26-9-11(16(27)2-3-17(20)21)5-14(18(26)28)13-6-12(19(22,23)24)4-10-7-25-8-15(10)13/h4-6,8-9,17H,2-3,7H2,1H3. The molecule has 0 spiro atoms. The number of hydrogen-bond donors (Lipinski definition) is 0. The van der Waals surface area contributed by atoms with Gasteiger partial charge in [-0.15, -0.1) is 0 Å². The molecule has 2 heterocycles. The molecule has 0 saturated carbocycles. The third-order valence-electron chi connectivity index (χ3n) is 4.46. The number of ketones is 1. The molecule has 0 atom stereocenters. The maximum Gasteiger partial charge on any atom is 0.416 e. The van der Waals surface area contributed by atoms with Gasteiger partial charge in [0.15, 0.2) is 5.78 Å². The fraction of sp³-hybridized carbons (Fsp3) is 0.316. The van der Waals surface area contributed by atoms with Crippen molar-refractivity contribution in [2.75, 3.05) is 0 Å². The minimum atomic E-state index is -4.62. The van der Waals surface area contributed by atoms with Crippen LogP contribution in [0.15, 0.2) is 34.2 Å². The van der Waals surface area contributed by atoms with Crippen molar-refractivity contribution in [1.82, 2.24) is 4.57 Å². The van der Waals surface area contributed by atoms with Crippen LogP contribution in [0, 0.1) is 0 Å². The first-order valence-corrected chi connectivity index (χ1v) is 8.34. The van der Waals surface area contributed by atoms with E-state index in [0.29, 0.717) is 11.1 Å². The summed E-state index contributed by atoms with van der Waals surface area (Å²) < 4.78 is 65.6. The average Bonchev–Trinajstić information content (AvgIpc) is 3.09. The van der Waals surface area contributed by atoms with E-state index in [4.69, 9.17) is 0 Å². The Hall–Kier alpha value is -2.84. The zero-order valence-corrected chi connectivity index (χ0v) is 14.7. The summed E-state index contributed by atoms with van der Waals surface area (Å²) >= 11 is 0. The monoisotopic (exact) mass is 398 g/mol. The fourth-order valence-electron chi connectivity index (χ4n) is 3.06. The molecule has 0 N–H and O–H groups in total. The van der Waals surface area contributed by atoms with Gasteiger partial charge < -0.3 is 4.57 Å². The predicted molar refractivity (Wildman–Crippen MR) is 93.0 cm³/mol. The Balaban J connectivity index is 2.16. The molecule has 0 unspecified atom stereocenters. The molecule has 28 heavy (non-hydrogen) atoms. The molecule has 0 saturated heterocycles. The van der Waals surface area contributed by atoms with E-state index in [-0.39, 0.29) is 23.2 Å². The lowest BCUT2D eigenvalue weighted by molar-refractivity contribution is -0.137. The summed E-state index contributed by atoms with van der Waals surface area (Å²) in [5.41, 5.74) is -0.950. The number of fused-ring (bicyclic) bond motifs is 1. The third-order valence-corrected chi connectivity index (χ3v) is 4.46. The average molecular weight is 398 g/mol. The molecule has 3 rings (SSSR count). The Morgan fingerprint density at radius 1 is 1.21 bits per heavy atom. The first-order valence-electron chi connectivity index (χ1n) is 8.34. The number of hydrogen-bond acceptors (Lipinski definition) is 3. The van der Waals surface area contributed by atoms with Gasteiger partial charge in [0.2, 0.25) is 6.43 Å². The Morgan fingerprint density at radius 3 is 2.57 bits per heavy atom. The van der Waals surface area contributed by atoms with Crippen molar-refractivity contribution in [3.05, 3.63) is 57.0 Å². The molecule has 0 aliphatic carbocycles. The molecule has 1 aromatic carbocycles. The number of rotatable bonds is 5. The number of aryl methyl sites for hydroxylation is 1. The Morgan fingerprint density at radius 2 is 1.93 bits per heavy atom. The summed E-state index contributed by atoms with van der Waals surface area (Å²) in [6.07, 6.45) is -5.77. The lowest BCUT2D eigenvalue weighted by atomic mass is 9.93. The second-order valence-electron chi connectivity index (χ2n) is 6.48. The smallest absolute Gasteiger partial charge is 0.317 e. The minimum Gasteiger partial charge on any atom is -0.317 e. The Bertz CT molecular complexity index is 1020. The van der Waals surface area contributed by atoms with E-state index in [1.165, 1.54) is 19.5 Å². The largest absolute Gasteiger partial charge is 0.416 e. The maximum atomic E-state index is 13.3. The normalized spacial score (nSPS) is 13.2. The summed E-state index contributed by atoms with van der Waals surface area (Å²) in [6, 6.07) is 2.99. The van der Waals surface area contributed by atoms with Crippen LogP contribution in [0.25, 0.3) is 11.1 Å². The molecule has 9 heteroatoms. The molecule has 0 radical (unpaired) electrons. The van der Waals surface area contributed by atoms with Gasteiger partial charge in [-0.25, -0.2) is 8.78 Å². The van der Waals surface area contributed by atoms with Crippen molar-refractivity contribution in [2.24, 2.45) is 12.0 Å². The van der Waals surface area contributed by atoms with Gasteiger partial charge in [0, 0.05) is 49.0 Å². The van der Waals surface area contributed by atoms with E-state index in [1.807, 2.05) is 0 Å². The first kappa shape index (κ1) is 19.9. The lowest BCUT2D eigenvalue weighted by Crippen LogP contribution is -2.21. The number of nitrogens with zero attached hydrogens (tertiary/aromatic N) is 2. The Labute approximate surface area is 156 Å². The highest BCUT2D eigenvalue weighted by molar-refractivity contribution is 5.99. The number of carbonyl (C=O) groups is 1. The molecule has 0 fully saturated rings. The van der Waals surface area contributed by atoms with Gasteiger partial charge in [-0.3, -0.25) is 14.6 Å². The van der Waals surface area contributed by atoms with E-state index in [9.17, 15) is 31.5 Å². The minimum absolute atomic E-state index is 0.00943. The second-order valence-corrected chi connectivity index (χ2v) is 6.48. The van der Waals surface area contributed by atoms with Crippen molar-refractivity contribution in [3.63, 3.8) is 0 Å². The molecule has 2 aromatic rings. The molecular weight excluding hydrogens is 383 g/mol. The van der Waals surface area contributed by atoms with Gasteiger partial charge in [-0.05, 0) is 29.3 Å². The highest BCUT2D eigenvalue weighted by Gasteiger charge is 2.33. The number of carbonyl (C=O) groups excluding carboxylic acids is 1. The van der Waals surface area contributed by atoms with Crippen LogP contribution >= 0.6 is 0 Å². The van der Waals surface area contributed by atoms with E-state index < -0.39 is 42.3 Å². The van der Waals surface area contributed by atoms with Crippen LogP contribution in [-0.4, -0.2) is 23.0 Å². The van der Waals surface area contributed by atoms with Gasteiger partial charge in [-0.1, -0.05) is 0 Å². The quantitative estimate of drug-likeness (QED) is 0.559. The summed E-state index contributed by atoms with van der Waals surface area (Å²) in [7, 11) is 1.34. The third kappa shape index (κ3) is 3.88. The zero-order valence-electron chi connectivity index (χ0n) is 14.7. The maximum absolute atomic E-state index is 13.3. The highest BCUT2D eigenvalue weighted by atomic mass is 19.4. The van der Waals surface area contributed by atoms with Crippen molar-refractivity contribution < 1.29 is 26.7 Å². The van der Waals surface area contributed by atoms with Crippen molar-refractivity contribution >= 4 is 12.0 Å². The highest BCUT2D eigenvalue weighted by Crippen LogP contribution is 2.36. The van der Waals surface area contributed by atoms with Gasteiger partial charge in [0.1, 0.15) is 0 Å². The molecule has 0 bridgehead atoms. The SMILES string of the molecule is Cn1cc(C(=O)CCC(F)F)cc(-c2cc(C(F)(F)F)cc3c2C=NC3)c1=O. The molecule has 0 amide bonds. The number of pyridine rings is 1. The summed E-state index contributed by atoms with van der Waals surface area (Å²) in [4.78, 5) is 28.7. The molecular formula is C19H15F5N2O2. The van der Waals surface area contributed by atoms with Crippen LogP contribution in [0.1, 0.15) is 39.9 Å².